The average molecular weight is 388 g/mol. The van der Waals surface area contributed by atoms with Gasteiger partial charge in [0.25, 0.3) is 0 Å². The van der Waals surface area contributed by atoms with E-state index in [1.165, 1.54) is 19.4 Å². The number of hydrogen-bond donors (Lipinski definition) is 2. The van der Waals surface area contributed by atoms with Crippen LogP contribution >= 0.6 is 0 Å². The Morgan fingerprint density at radius 1 is 1.07 bits per heavy atom. The number of hydrogen-bond acceptors (Lipinski definition) is 4. The van der Waals surface area contributed by atoms with Gasteiger partial charge in [0.2, 0.25) is 11.8 Å². The second-order valence-electron chi connectivity index (χ2n) is 8.13. The third-order valence-corrected chi connectivity index (χ3v) is 6.06. The Balaban J connectivity index is 1.33. The molecule has 2 saturated heterocycles. The highest BCUT2D eigenvalue weighted by atomic mass is 16.5. The van der Waals surface area contributed by atoms with E-state index in [1.807, 2.05) is 12.1 Å². The monoisotopic (exact) mass is 387 g/mol. The number of nitrogens with two attached hydrogens (primary N) is 1. The summed E-state index contributed by atoms with van der Waals surface area (Å²) in [6.07, 6.45) is 5.59. The first kappa shape index (κ1) is 20.8. The molecule has 1 aromatic carbocycles. The zero-order valence-electron chi connectivity index (χ0n) is 16.7. The second-order valence-corrected chi connectivity index (χ2v) is 8.13. The number of carbonyl (C=O) groups excluding carboxylic acids is 2. The quantitative estimate of drug-likeness (QED) is 0.714. The minimum atomic E-state index is -0.441. The smallest absolute Gasteiger partial charge is 0.248 e. The molecule has 3 rings (SSSR count). The van der Waals surface area contributed by atoms with Crippen molar-refractivity contribution in [3.05, 3.63) is 35.4 Å². The predicted molar refractivity (Wildman–Crippen MR) is 109 cm³/mol. The van der Waals surface area contributed by atoms with Gasteiger partial charge in [0.15, 0.2) is 0 Å². The van der Waals surface area contributed by atoms with Gasteiger partial charge in [-0.15, -0.1) is 0 Å². The number of carbonyl (C=O) groups is 2. The Morgan fingerprint density at radius 2 is 1.79 bits per heavy atom. The molecule has 1 aromatic rings. The number of nitrogens with one attached hydrogen (secondary N) is 1. The lowest BCUT2D eigenvalue weighted by atomic mass is 9.94. The van der Waals surface area contributed by atoms with Crippen molar-refractivity contribution in [2.45, 2.75) is 38.5 Å². The van der Waals surface area contributed by atoms with E-state index in [0.29, 0.717) is 24.3 Å². The highest BCUT2D eigenvalue weighted by Crippen LogP contribution is 2.21. The van der Waals surface area contributed by atoms with Crippen LogP contribution in [0.5, 0.6) is 0 Å². The maximum absolute atomic E-state index is 12.2. The van der Waals surface area contributed by atoms with Gasteiger partial charge in [-0.2, -0.15) is 0 Å². The molecule has 0 atom stereocenters. The number of benzene rings is 1. The van der Waals surface area contributed by atoms with Crippen molar-refractivity contribution in [1.29, 1.82) is 0 Å². The molecule has 0 radical (unpaired) electrons. The van der Waals surface area contributed by atoms with Crippen molar-refractivity contribution in [3.63, 3.8) is 0 Å². The number of ether oxygens (including phenoxy) is 1. The van der Waals surface area contributed by atoms with Crippen LogP contribution in [-0.2, 0) is 16.0 Å². The highest BCUT2D eigenvalue weighted by molar-refractivity contribution is 5.94. The Morgan fingerprint density at radius 3 is 2.50 bits per heavy atom. The summed E-state index contributed by atoms with van der Waals surface area (Å²) < 4.78 is 5.44. The Labute approximate surface area is 167 Å². The fraction of sp³-hybridized carbons (Fsp3) is 0.636. The van der Waals surface area contributed by atoms with Gasteiger partial charge >= 0.3 is 0 Å². The molecule has 3 N–H and O–H groups in total. The first-order valence-corrected chi connectivity index (χ1v) is 10.6. The SMILES string of the molecule is NC(=O)c1ccccc1CCC(=O)NCC1CCN(CC2CCOCC2)CC1. The van der Waals surface area contributed by atoms with Crippen LogP contribution in [-0.4, -0.2) is 56.1 Å². The number of amides is 2. The van der Waals surface area contributed by atoms with Crippen molar-refractivity contribution in [3.8, 4) is 0 Å². The molecule has 0 unspecified atom stereocenters. The van der Waals surface area contributed by atoms with Crippen molar-refractivity contribution in [2.75, 3.05) is 39.4 Å². The summed E-state index contributed by atoms with van der Waals surface area (Å²) in [5.41, 5.74) is 6.74. The first-order chi connectivity index (χ1) is 13.6. The summed E-state index contributed by atoms with van der Waals surface area (Å²) in [4.78, 5) is 26.3. The van der Waals surface area contributed by atoms with E-state index in [4.69, 9.17) is 10.5 Å². The molecule has 0 bridgehead atoms. The third kappa shape index (κ3) is 6.31. The Hall–Kier alpha value is -1.92. The summed E-state index contributed by atoms with van der Waals surface area (Å²) in [7, 11) is 0. The van der Waals surface area contributed by atoms with Gasteiger partial charge in [0, 0.05) is 38.3 Å². The van der Waals surface area contributed by atoms with Crippen molar-refractivity contribution in [1.82, 2.24) is 10.2 Å². The fourth-order valence-electron chi connectivity index (χ4n) is 4.24. The fourth-order valence-corrected chi connectivity index (χ4v) is 4.24. The van der Waals surface area contributed by atoms with Crippen molar-refractivity contribution >= 4 is 11.8 Å². The standard InChI is InChI=1S/C22H33N3O3/c23-22(27)20-4-2-1-3-19(20)5-6-21(26)24-15-17-7-11-25(12-8-17)16-18-9-13-28-14-10-18/h1-4,17-18H,5-16H2,(H2,23,27)(H,24,26). The molecule has 2 fully saturated rings. The largest absolute Gasteiger partial charge is 0.381 e. The number of primary amides is 1. The first-order valence-electron chi connectivity index (χ1n) is 10.6. The molecule has 2 aliphatic rings. The highest BCUT2D eigenvalue weighted by Gasteiger charge is 2.23. The van der Waals surface area contributed by atoms with E-state index in [2.05, 4.69) is 10.2 Å². The topological polar surface area (TPSA) is 84.7 Å². The van der Waals surface area contributed by atoms with E-state index >= 15 is 0 Å². The summed E-state index contributed by atoms with van der Waals surface area (Å²) >= 11 is 0. The van der Waals surface area contributed by atoms with Gasteiger partial charge in [0.1, 0.15) is 0 Å². The van der Waals surface area contributed by atoms with E-state index in [-0.39, 0.29) is 5.91 Å². The van der Waals surface area contributed by atoms with E-state index in [0.717, 1.165) is 57.2 Å². The number of aryl methyl sites for hydroxylation is 1. The Kier molecular flexibility index (Phi) is 7.86. The molecular formula is C22H33N3O3. The maximum Gasteiger partial charge on any atom is 0.248 e. The second kappa shape index (κ2) is 10.6. The van der Waals surface area contributed by atoms with Crippen LogP contribution < -0.4 is 11.1 Å². The van der Waals surface area contributed by atoms with Crippen LogP contribution in [0.4, 0.5) is 0 Å². The Bertz CT molecular complexity index is 650. The minimum Gasteiger partial charge on any atom is -0.381 e. The lowest BCUT2D eigenvalue weighted by Crippen LogP contribution is -2.41. The molecule has 2 aliphatic heterocycles. The van der Waals surface area contributed by atoms with Crippen molar-refractivity contribution < 1.29 is 14.3 Å². The van der Waals surface area contributed by atoms with Crippen LogP contribution in [0.3, 0.4) is 0 Å². The number of nitrogens with zero attached hydrogens (tertiary/aromatic N) is 1. The molecule has 6 heteroatoms. The van der Waals surface area contributed by atoms with Gasteiger partial charge < -0.3 is 20.7 Å². The van der Waals surface area contributed by atoms with Gasteiger partial charge in [-0.05, 0) is 68.7 Å². The molecule has 2 heterocycles. The lowest BCUT2D eigenvalue weighted by Gasteiger charge is -2.35. The predicted octanol–water partition coefficient (Wildman–Crippen LogP) is 1.97. The summed E-state index contributed by atoms with van der Waals surface area (Å²) in [5, 5.41) is 3.08. The maximum atomic E-state index is 12.2. The van der Waals surface area contributed by atoms with Gasteiger partial charge in [0.05, 0.1) is 0 Å². The zero-order valence-corrected chi connectivity index (χ0v) is 16.7. The molecule has 6 nitrogen and oxygen atoms in total. The van der Waals surface area contributed by atoms with Crippen LogP contribution in [0.2, 0.25) is 0 Å². The van der Waals surface area contributed by atoms with Crippen LogP contribution in [0.15, 0.2) is 24.3 Å². The van der Waals surface area contributed by atoms with Gasteiger partial charge in [-0.1, -0.05) is 18.2 Å². The van der Waals surface area contributed by atoms with Gasteiger partial charge in [-0.25, -0.2) is 0 Å². The summed E-state index contributed by atoms with van der Waals surface area (Å²) in [5.74, 6) is 0.952. The molecule has 28 heavy (non-hydrogen) atoms. The normalized spacial score (nSPS) is 19.4. The molecule has 0 aromatic heterocycles. The van der Waals surface area contributed by atoms with Crippen LogP contribution in [0, 0.1) is 11.8 Å². The molecule has 2 amide bonds. The summed E-state index contributed by atoms with van der Waals surface area (Å²) in [6, 6.07) is 7.23. The molecular weight excluding hydrogens is 354 g/mol. The molecule has 0 saturated carbocycles. The number of likely N-dealkylation sites (tertiary alicyclic amines) is 1. The average Bonchev–Trinajstić information content (AvgIpc) is 2.72. The third-order valence-electron chi connectivity index (χ3n) is 6.06. The van der Waals surface area contributed by atoms with Crippen molar-refractivity contribution in [2.24, 2.45) is 17.6 Å². The van der Waals surface area contributed by atoms with E-state index < -0.39 is 5.91 Å². The minimum absolute atomic E-state index is 0.0453. The summed E-state index contributed by atoms with van der Waals surface area (Å²) in [6.45, 7) is 6.03. The van der Waals surface area contributed by atoms with Gasteiger partial charge in [-0.3, -0.25) is 9.59 Å². The molecule has 154 valence electrons. The molecule has 0 spiro atoms. The van der Waals surface area contributed by atoms with Crippen LogP contribution in [0.1, 0.15) is 48.0 Å². The van der Waals surface area contributed by atoms with Crippen LogP contribution in [0.25, 0.3) is 0 Å². The molecule has 0 aliphatic carbocycles. The number of piperidine rings is 1. The number of rotatable bonds is 8. The van der Waals surface area contributed by atoms with E-state index in [1.54, 1.807) is 12.1 Å². The lowest BCUT2D eigenvalue weighted by molar-refractivity contribution is -0.121. The zero-order chi connectivity index (χ0) is 19.8. The van der Waals surface area contributed by atoms with E-state index in [9.17, 15) is 9.59 Å².